The molecule has 0 fully saturated rings. The zero-order valence-electron chi connectivity index (χ0n) is 14.4. The monoisotopic (exact) mass is 427 g/mol. The van der Waals surface area contributed by atoms with Crippen LogP contribution in [0.1, 0.15) is 5.56 Å². The topological polar surface area (TPSA) is 110 Å². The summed E-state index contributed by atoms with van der Waals surface area (Å²) in [6, 6.07) is 9.45. The lowest BCUT2D eigenvalue weighted by atomic mass is 10.2. The predicted molar refractivity (Wildman–Crippen MR) is 97.8 cm³/mol. The largest absolute Gasteiger partial charge is 0.416 e. The van der Waals surface area contributed by atoms with Crippen molar-refractivity contribution in [2.75, 3.05) is 10.6 Å². The standard InChI is InChI=1S/C17H13F4N5O2S/c18-14-9-23-16(25-12-2-1-3-13(8-12)29(22,27)28)26-15(14)24-11-6-4-10(5-7-11)17(19,20)21/h1-9H,(H2,22,27,28)(H2,23,24,25,26). The van der Waals surface area contributed by atoms with Gasteiger partial charge in [0, 0.05) is 11.4 Å². The summed E-state index contributed by atoms with van der Waals surface area (Å²) >= 11 is 0. The second kappa shape index (κ2) is 7.64. The minimum atomic E-state index is -4.48. The van der Waals surface area contributed by atoms with Crippen LogP contribution in [-0.4, -0.2) is 18.4 Å². The fraction of sp³-hybridized carbons (Fsp3) is 0.0588. The SMILES string of the molecule is NS(=O)(=O)c1cccc(Nc2ncc(F)c(Nc3ccc(C(F)(F)F)cc3)n2)c1. The van der Waals surface area contributed by atoms with Gasteiger partial charge >= 0.3 is 6.18 Å². The number of alkyl halides is 3. The predicted octanol–water partition coefficient (Wildman–Crippen LogP) is 3.77. The molecule has 4 N–H and O–H groups in total. The van der Waals surface area contributed by atoms with Crippen LogP contribution in [0.3, 0.4) is 0 Å². The number of rotatable bonds is 5. The zero-order valence-corrected chi connectivity index (χ0v) is 15.2. The van der Waals surface area contributed by atoms with E-state index in [1.54, 1.807) is 0 Å². The Morgan fingerprint density at radius 1 is 0.966 bits per heavy atom. The Labute approximate surface area is 162 Å². The highest BCUT2D eigenvalue weighted by Gasteiger charge is 2.30. The van der Waals surface area contributed by atoms with Gasteiger partial charge < -0.3 is 10.6 Å². The summed E-state index contributed by atoms with van der Waals surface area (Å²) < 4.78 is 74.7. The molecule has 0 aliphatic heterocycles. The third kappa shape index (κ3) is 5.18. The van der Waals surface area contributed by atoms with Crippen molar-refractivity contribution in [3.05, 3.63) is 66.1 Å². The molecular weight excluding hydrogens is 414 g/mol. The van der Waals surface area contributed by atoms with E-state index in [9.17, 15) is 26.0 Å². The van der Waals surface area contributed by atoms with Crippen LogP contribution in [0.15, 0.2) is 59.6 Å². The Hall–Kier alpha value is -3.25. The number of hydrogen-bond acceptors (Lipinski definition) is 6. The van der Waals surface area contributed by atoms with Crippen molar-refractivity contribution in [3.63, 3.8) is 0 Å². The molecule has 2 aromatic carbocycles. The molecule has 1 heterocycles. The number of hydrogen-bond donors (Lipinski definition) is 3. The van der Waals surface area contributed by atoms with Crippen molar-refractivity contribution in [2.24, 2.45) is 5.14 Å². The van der Waals surface area contributed by atoms with Crippen molar-refractivity contribution in [2.45, 2.75) is 11.1 Å². The fourth-order valence-electron chi connectivity index (χ4n) is 2.27. The number of halogens is 4. The molecule has 0 amide bonds. The number of nitrogens with two attached hydrogens (primary N) is 1. The molecule has 7 nitrogen and oxygen atoms in total. The van der Waals surface area contributed by atoms with Gasteiger partial charge in [0.2, 0.25) is 16.0 Å². The molecule has 0 unspecified atom stereocenters. The van der Waals surface area contributed by atoms with E-state index in [1.807, 2.05) is 0 Å². The van der Waals surface area contributed by atoms with Crippen molar-refractivity contribution < 1.29 is 26.0 Å². The van der Waals surface area contributed by atoms with Gasteiger partial charge in [0.1, 0.15) is 0 Å². The van der Waals surface area contributed by atoms with Crippen LogP contribution in [-0.2, 0) is 16.2 Å². The molecule has 0 spiro atoms. The molecule has 12 heteroatoms. The Morgan fingerprint density at radius 3 is 2.28 bits per heavy atom. The Morgan fingerprint density at radius 2 is 1.66 bits per heavy atom. The summed E-state index contributed by atoms with van der Waals surface area (Å²) in [6.45, 7) is 0. The van der Waals surface area contributed by atoms with Gasteiger partial charge in [-0.15, -0.1) is 0 Å². The van der Waals surface area contributed by atoms with Crippen LogP contribution in [0.5, 0.6) is 0 Å². The average molecular weight is 427 g/mol. The second-order valence-corrected chi connectivity index (χ2v) is 7.35. The van der Waals surface area contributed by atoms with Crippen LogP contribution in [0.4, 0.5) is 40.7 Å². The summed E-state index contributed by atoms with van der Waals surface area (Å²) in [5.41, 5.74) is -0.385. The van der Waals surface area contributed by atoms with E-state index in [4.69, 9.17) is 5.14 Å². The Balaban J connectivity index is 1.82. The molecular formula is C17H13F4N5O2S. The molecule has 0 atom stereocenters. The maximum absolute atomic E-state index is 14.0. The molecule has 29 heavy (non-hydrogen) atoms. The molecule has 0 aliphatic rings. The summed E-state index contributed by atoms with van der Waals surface area (Å²) in [5, 5.41) is 10.3. The number of sulfonamides is 1. The Bertz CT molecular complexity index is 1140. The van der Waals surface area contributed by atoms with E-state index < -0.39 is 27.6 Å². The van der Waals surface area contributed by atoms with E-state index in [1.165, 1.54) is 24.3 Å². The number of nitrogens with zero attached hydrogens (tertiary/aromatic N) is 2. The van der Waals surface area contributed by atoms with Crippen molar-refractivity contribution in [1.82, 2.24) is 9.97 Å². The van der Waals surface area contributed by atoms with E-state index in [0.29, 0.717) is 0 Å². The highest BCUT2D eigenvalue weighted by atomic mass is 32.2. The summed E-state index contributed by atoms with van der Waals surface area (Å²) in [5.74, 6) is -1.20. The highest BCUT2D eigenvalue weighted by molar-refractivity contribution is 7.89. The first-order chi connectivity index (χ1) is 13.5. The van der Waals surface area contributed by atoms with Gasteiger partial charge in [-0.3, -0.25) is 0 Å². The molecule has 0 radical (unpaired) electrons. The van der Waals surface area contributed by atoms with Gasteiger partial charge in [-0.1, -0.05) is 6.07 Å². The van der Waals surface area contributed by atoms with Crippen LogP contribution in [0.25, 0.3) is 0 Å². The molecule has 152 valence electrons. The highest BCUT2D eigenvalue weighted by Crippen LogP contribution is 2.30. The second-order valence-electron chi connectivity index (χ2n) is 5.79. The zero-order chi connectivity index (χ0) is 21.2. The van der Waals surface area contributed by atoms with Gasteiger partial charge in [-0.25, -0.2) is 22.9 Å². The normalized spacial score (nSPS) is 11.9. The summed E-state index contributed by atoms with van der Waals surface area (Å²) in [6.07, 6.45) is -3.63. The first kappa shape index (κ1) is 20.5. The third-order valence-corrected chi connectivity index (χ3v) is 4.55. The molecule has 0 aliphatic carbocycles. The fourth-order valence-corrected chi connectivity index (χ4v) is 2.83. The first-order valence-corrected chi connectivity index (χ1v) is 9.44. The van der Waals surface area contributed by atoms with Crippen LogP contribution in [0, 0.1) is 5.82 Å². The third-order valence-electron chi connectivity index (χ3n) is 3.64. The van der Waals surface area contributed by atoms with Gasteiger partial charge in [0.25, 0.3) is 0 Å². The van der Waals surface area contributed by atoms with Crippen LogP contribution in [0.2, 0.25) is 0 Å². The van der Waals surface area contributed by atoms with Crippen LogP contribution >= 0.6 is 0 Å². The van der Waals surface area contributed by atoms with E-state index in [0.717, 1.165) is 30.5 Å². The Kier molecular flexibility index (Phi) is 5.40. The van der Waals surface area contributed by atoms with E-state index >= 15 is 0 Å². The molecule has 1 aromatic heterocycles. The lowest BCUT2D eigenvalue weighted by Crippen LogP contribution is -2.12. The van der Waals surface area contributed by atoms with Gasteiger partial charge in [0.15, 0.2) is 11.6 Å². The molecule has 3 rings (SSSR count). The minimum Gasteiger partial charge on any atom is -0.338 e. The van der Waals surface area contributed by atoms with Crippen molar-refractivity contribution >= 4 is 33.2 Å². The lowest BCUT2D eigenvalue weighted by molar-refractivity contribution is -0.137. The van der Waals surface area contributed by atoms with Crippen molar-refractivity contribution in [1.29, 1.82) is 0 Å². The molecule has 0 bridgehead atoms. The average Bonchev–Trinajstić information content (AvgIpc) is 2.64. The summed E-state index contributed by atoms with van der Waals surface area (Å²) in [4.78, 5) is 7.52. The number of benzene rings is 2. The smallest absolute Gasteiger partial charge is 0.338 e. The lowest BCUT2D eigenvalue weighted by Gasteiger charge is -2.11. The number of aromatic nitrogens is 2. The maximum atomic E-state index is 14.0. The summed E-state index contributed by atoms with van der Waals surface area (Å²) in [7, 11) is -3.92. The van der Waals surface area contributed by atoms with Gasteiger partial charge in [0.05, 0.1) is 16.7 Å². The number of primary sulfonamides is 1. The van der Waals surface area contributed by atoms with Crippen molar-refractivity contribution in [3.8, 4) is 0 Å². The molecule has 0 saturated heterocycles. The maximum Gasteiger partial charge on any atom is 0.416 e. The van der Waals surface area contributed by atoms with E-state index in [2.05, 4.69) is 20.6 Å². The molecule has 3 aromatic rings. The molecule has 0 saturated carbocycles. The number of nitrogens with one attached hydrogen (secondary N) is 2. The van der Waals surface area contributed by atoms with Gasteiger partial charge in [-0.2, -0.15) is 18.2 Å². The van der Waals surface area contributed by atoms with E-state index in [-0.39, 0.29) is 28.0 Å². The number of anilines is 4. The first-order valence-electron chi connectivity index (χ1n) is 7.89. The van der Waals surface area contributed by atoms with Gasteiger partial charge in [-0.05, 0) is 42.5 Å². The quantitative estimate of drug-likeness (QED) is 0.535. The van der Waals surface area contributed by atoms with Crippen LogP contribution < -0.4 is 15.8 Å². The minimum absolute atomic E-state index is 0.0765.